The molecular weight excluding hydrogens is 588 g/mol. The lowest BCUT2D eigenvalue weighted by molar-refractivity contribution is -0.0282. The summed E-state index contributed by atoms with van der Waals surface area (Å²) in [6, 6.07) is 0. The van der Waals surface area contributed by atoms with Crippen LogP contribution in [0.25, 0.3) is 0 Å². The molecule has 0 bridgehead atoms. The van der Waals surface area contributed by atoms with E-state index in [0.717, 1.165) is 25.3 Å². The zero-order valence-corrected chi connectivity index (χ0v) is 27.5. The first-order valence-corrected chi connectivity index (χ1v) is 16.4. The summed E-state index contributed by atoms with van der Waals surface area (Å²) >= 11 is 5.65. The fourth-order valence-electron chi connectivity index (χ4n) is 3.22. The monoisotopic (exact) mass is 648 g/mol. The molecule has 0 spiro atoms. The molecule has 12 nitrogen and oxygen atoms in total. The maximum absolute atomic E-state index is 5.65. The summed E-state index contributed by atoms with van der Waals surface area (Å²) in [5.74, 6) is 0.745. The van der Waals surface area contributed by atoms with Crippen molar-refractivity contribution < 1.29 is 56.8 Å². The van der Waals surface area contributed by atoms with E-state index in [-0.39, 0.29) is 0 Å². The molecule has 0 aromatic carbocycles. The lowest BCUT2D eigenvalue weighted by Gasteiger charge is -2.09. The Morgan fingerprint density at radius 2 is 0.465 bits per heavy atom. The maximum atomic E-state index is 5.65. The highest BCUT2D eigenvalue weighted by atomic mass is 35.5. The Morgan fingerprint density at radius 3 is 0.698 bits per heavy atom. The molecule has 0 saturated heterocycles. The second-order valence-electron chi connectivity index (χ2n) is 9.04. The second kappa shape index (κ2) is 41.8. The van der Waals surface area contributed by atoms with Crippen molar-refractivity contribution in [1.82, 2.24) is 0 Å². The highest BCUT2D eigenvalue weighted by Crippen LogP contribution is 2.01. The number of alkyl halides is 1. The van der Waals surface area contributed by atoms with Gasteiger partial charge in [-0.05, 0) is 19.8 Å². The van der Waals surface area contributed by atoms with Crippen LogP contribution in [0, 0.1) is 0 Å². The van der Waals surface area contributed by atoms with Gasteiger partial charge in [-0.2, -0.15) is 0 Å². The Bertz CT molecular complexity index is 442. The van der Waals surface area contributed by atoms with Gasteiger partial charge in [0.05, 0.1) is 145 Å². The number of ether oxygens (including phenoxy) is 12. The van der Waals surface area contributed by atoms with Crippen LogP contribution in [0.1, 0.15) is 32.6 Å². The first-order chi connectivity index (χ1) is 21.4. The molecule has 0 aromatic rings. The first kappa shape index (κ1) is 42.8. The van der Waals surface area contributed by atoms with E-state index in [0.29, 0.717) is 152 Å². The summed E-state index contributed by atoms with van der Waals surface area (Å²) in [6.07, 6.45) is 4.50. The molecule has 0 aliphatic carbocycles. The molecule has 0 unspecified atom stereocenters. The third-order valence-electron chi connectivity index (χ3n) is 5.47. The topological polar surface area (TPSA) is 111 Å². The van der Waals surface area contributed by atoms with Gasteiger partial charge in [-0.1, -0.05) is 12.8 Å². The molecule has 13 heteroatoms. The van der Waals surface area contributed by atoms with Crippen molar-refractivity contribution in [2.24, 2.45) is 0 Å². The molecule has 0 aromatic heterocycles. The standard InChI is InChI=1S/C30H61ClO12/c1-2-32-9-10-34-13-14-36-17-18-38-21-22-40-25-26-42-29-30-43-28-27-41-24-23-39-20-19-37-16-15-35-12-11-33-8-6-4-3-5-7-31/h2-30H2,1H3. The highest BCUT2D eigenvalue weighted by Gasteiger charge is 1.97. The van der Waals surface area contributed by atoms with Crippen molar-refractivity contribution in [3.63, 3.8) is 0 Å². The minimum Gasteiger partial charge on any atom is -0.379 e. The Labute approximate surface area is 265 Å². The lowest BCUT2D eigenvalue weighted by atomic mass is 10.2. The van der Waals surface area contributed by atoms with Crippen molar-refractivity contribution in [1.29, 1.82) is 0 Å². The van der Waals surface area contributed by atoms with Gasteiger partial charge in [0.15, 0.2) is 0 Å². The Balaban J connectivity index is 3.02. The summed E-state index contributed by atoms with van der Waals surface area (Å²) in [6.45, 7) is 15.5. The number of rotatable bonds is 40. The van der Waals surface area contributed by atoms with Gasteiger partial charge in [0, 0.05) is 19.1 Å². The predicted octanol–water partition coefficient (Wildman–Crippen LogP) is 3.00. The molecule has 0 atom stereocenters. The third kappa shape index (κ3) is 41.8. The van der Waals surface area contributed by atoms with E-state index < -0.39 is 0 Å². The minimum atomic E-state index is 0.518. The second-order valence-corrected chi connectivity index (χ2v) is 9.41. The third-order valence-corrected chi connectivity index (χ3v) is 5.74. The largest absolute Gasteiger partial charge is 0.379 e. The van der Waals surface area contributed by atoms with Gasteiger partial charge < -0.3 is 56.8 Å². The molecule has 0 saturated carbocycles. The summed E-state index contributed by atoms with van der Waals surface area (Å²) in [5, 5.41) is 0. The number of hydrogen-bond acceptors (Lipinski definition) is 12. The average Bonchev–Trinajstić information content (AvgIpc) is 3.02. The van der Waals surface area contributed by atoms with Crippen LogP contribution >= 0.6 is 11.6 Å². The Hall–Kier alpha value is -0.190. The number of hydrogen-bond donors (Lipinski definition) is 0. The van der Waals surface area contributed by atoms with E-state index in [1.54, 1.807) is 0 Å². The van der Waals surface area contributed by atoms with Crippen LogP contribution in [0.5, 0.6) is 0 Å². The first-order valence-electron chi connectivity index (χ1n) is 15.9. The minimum absolute atomic E-state index is 0.518. The normalized spacial score (nSPS) is 11.6. The van der Waals surface area contributed by atoms with Crippen molar-refractivity contribution in [3.05, 3.63) is 0 Å². The number of unbranched alkanes of at least 4 members (excludes halogenated alkanes) is 3. The van der Waals surface area contributed by atoms with Crippen LogP contribution in [-0.4, -0.2) is 164 Å². The molecule has 0 rings (SSSR count). The van der Waals surface area contributed by atoms with Crippen LogP contribution in [-0.2, 0) is 56.8 Å². The van der Waals surface area contributed by atoms with Crippen LogP contribution < -0.4 is 0 Å². The highest BCUT2D eigenvalue weighted by molar-refractivity contribution is 6.17. The molecule has 0 aliphatic heterocycles. The van der Waals surface area contributed by atoms with Crippen LogP contribution in [0.15, 0.2) is 0 Å². The van der Waals surface area contributed by atoms with Crippen LogP contribution in [0.3, 0.4) is 0 Å². The fraction of sp³-hybridized carbons (Fsp3) is 1.00. The molecule has 260 valence electrons. The van der Waals surface area contributed by atoms with Gasteiger partial charge in [-0.25, -0.2) is 0 Å². The number of halogens is 1. The van der Waals surface area contributed by atoms with Crippen molar-refractivity contribution in [2.45, 2.75) is 32.6 Å². The zero-order chi connectivity index (χ0) is 31.0. The van der Waals surface area contributed by atoms with Gasteiger partial charge in [-0.15, -0.1) is 11.6 Å². The maximum Gasteiger partial charge on any atom is 0.0701 e. The van der Waals surface area contributed by atoms with Gasteiger partial charge in [0.25, 0.3) is 0 Å². The Kier molecular flexibility index (Phi) is 41.6. The summed E-state index contributed by atoms with van der Waals surface area (Å²) in [4.78, 5) is 0. The molecular formula is C30H61ClO12. The zero-order valence-electron chi connectivity index (χ0n) is 26.8. The van der Waals surface area contributed by atoms with E-state index in [1.807, 2.05) is 6.92 Å². The van der Waals surface area contributed by atoms with E-state index in [9.17, 15) is 0 Å². The molecule has 0 heterocycles. The van der Waals surface area contributed by atoms with Gasteiger partial charge in [-0.3, -0.25) is 0 Å². The van der Waals surface area contributed by atoms with E-state index in [4.69, 9.17) is 68.4 Å². The average molecular weight is 649 g/mol. The summed E-state index contributed by atoms with van der Waals surface area (Å²) < 4.78 is 65.3. The van der Waals surface area contributed by atoms with Crippen LogP contribution in [0.4, 0.5) is 0 Å². The van der Waals surface area contributed by atoms with Crippen molar-refractivity contribution >= 4 is 11.6 Å². The molecule has 0 N–H and O–H groups in total. The molecule has 0 aliphatic rings. The predicted molar refractivity (Wildman–Crippen MR) is 165 cm³/mol. The fourth-order valence-corrected chi connectivity index (χ4v) is 3.40. The van der Waals surface area contributed by atoms with Crippen molar-refractivity contribution in [2.75, 3.05) is 164 Å². The van der Waals surface area contributed by atoms with E-state index >= 15 is 0 Å². The molecule has 0 fully saturated rings. The lowest BCUT2D eigenvalue weighted by Crippen LogP contribution is -2.15. The van der Waals surface area contributed by atoms with Crippen molar-refractivity contribution in [3.8, 4) is 0 Å². The summed E-state index contributed by atoms with van der Waals surface area (Å²) in [7, 11) is 0. The van der Waals surface area contributed by atoms with Gasteiger partial charge in [0.1, 0.15) is 0 Å². The van der Waals surface area contributed by atoms with Crippen LogP contribution in [0.2, 0.25) is 0 Å². The SMILES string of the molecule is CCOCCOCCOCCOCCOCCOCCOCCOCCOCCOCCOCCOCCCCCCCl. The van der Waals surface area contributed by atoms with Gasteiger partial charge >= 0.3 is 0 Å². The molecule has 0 amide bonds. The molecule has 43 heavy (non-hydrogen) atoms. The quantitative estimate of drug-likeness (QED) is 0.0719. The molecule has 0 radical (unpaired) electrons. The van der Waals surface area contributed by atoms with E-state index in [1.165, 1.54) is 12.8 Å². The smallest absolute Gasteiger partial charge is 0.0701 e. The Morgan fingerprint density at radius 1 is 0.256 bits per heavy atom. The van der Waals surface area contributed by atoms with Gasteiger partial charge in [0.2, 0.25) is 0 Å². The summed E-state index contributed by atoms with van der Waals surface area (Å²) in [5.41, 5.74) is 0. The van der Waals surface area contributed by atoms with E-state index in [2.05, 4.69) is 0 Å².